The largest absolute Gasteiger partial charge is 0.477 e. The second kappa shape index (κ2) is 4.01. The van der Waals surface area contributed by atoms with Gasteiger partial charge < -0.3 is 9.67 Å². The molecule has 5 heteroatoms. The summed E-state index contributed by atoms with van der Waals surface area (Å²) in [6, 6.07) is 5.78. The fourth-order valence-corrected chi connectivity index (χ4v) is 2.23. The van der Waals surface area contributed by atoms with Gasteiger partial charge in [-0.25, -0.2) is 4.79 Å². The van der Waals surface area contributed by atoms with Gasteiger partial charge in [0, 0.05) is 18.8 Å². The summed E-state index contributed by atoms with van der Waals surface area (Å²) in [6.07, 6.45) is 4.02. The summed E-state index contributed by atoms with van der Waals surface area (Å²) in [5.74, 6) is -0.872. The van der Waals surface area contributed by atoms with Crippen molar-refractivity contribution in [2.45, 2.75) is 32.4 Å². The van der Waals surface area contributed by atoms with Crippen LogP contribution in [0.3, 0.4) is 0 Å². The van der Waals surface area contributed by atoms with E-state index >= 15 is 0 Å². The minimum Gasteiger partial charge on any atom is -0.477 e. The number of hydrogen-bond donors (Lipinski definition) is 1. The highest BCUT2D eigenvalue weighted by molar-refractivity contribution is 5.87. The molecular formula is C13H15N3O2. The Bertz CT molecular complexity index is 593. The van der Waals surface area contributed by atoms with Gasteiger partial charge in [-0.15, -0.1) is 0 Å². The zero-order valence-electron chi connectivity index (χ0n) is 10.2. The van der Waals surface area contributed by atoms with E-state index in [9.17, 15) is 9.90 Å². The predicted molar refractivity (Wildman–Crippen MR) is 66.6 cm³/mol. The maximum Gasteiger partial charge on any atom is 0.352 e. The van der Waals surface area contributed by atoms with Crippen LogP contribution >= 0.6 is 0 Å². The lowest BCUT2D eigenvalue weighted by molar-refractivity contribution is 0.0685. The topological polar surface area (TPSA) is 60.1 Å². The van der Waals surface area contributed by atoms with Crippen molar-refractivity contribution in [3.63, 3.8) is 0 Å². The Morgan fingerprint density at radius 2 is 2.22 bits per heavy atom. The molecule has 18 heavy (non-hydrogen) atoms. The average Bonchev–Trinajstić information content (AvgIpc) is 2.94. The van der Waals surface area contributed by atoms with E-state index in [0.29, 0.717) is 11.7 Å². The number of carboxylic acid groups (broad SMARTS) is 1. The molecular weight excluding hydrogens is 230 g/mol. The van der Waals surface area contributed by atoms with Gasteiger partial charge in [-0.3, -0.25) is 4.68 Å². The summed E-state index contributed by atoms with van der Waals surface area (Å²) in [5, 5.41) is 13.7. The van der Waals surface area contributed by atoms with Crippen molar-refractivity contribution in [2.24, 2.45) is 0 Å². The van der Waals surface area contributed by atoms with Crippen LogP contribution in [0.5, 0.6) is 0 Å². The van der Waals surface area contributed by atoms with Crippen LogP contribution < -0.4 is 0 Å². The van der Waals surface area contributed by atoms with Crippen LogP contribution in [-0.2, 0) is 6.54 Å². The molecule has 0 unspecified atom stereocenters. The van der Waals surface area contributed by atoms with Gasteiger partial charge in [0.15, 0.2) is 0 Å². The van der Waals surface area contributed by atoms with E-state index in [2.05, 4.69) is 5.10 Å². The molecule has 1 fully saturated rings. The van der Waals surface area contributed by atoms with Crippen LogP contribution in [0.2, 0.25) is 0 Å². The zero-order valence-corrected chi connectivity index (χ0v) is 10.2. The second-order valence-electron chi connectivity index (χ2n) is 4.57. The lowest BCUT2D eigenvalue weighted by Crippen LogP contribution is -2.08. The molecule has 2 aromatic rings. The summed E-state index contributed by atoms with van der Waals surface area (Å²) >= 11 is 0. The predicted octanol–water partition coefficient (Wildman–Crippen LogP) is 2.40. The van der Waals surface area contributed by atoms with E-state index in [0.717, 1.165) is 30.8 Å². The first-order valence-electron chi connectivity index (χ1n) is 6.19. The van der Waals surface area contributed by atoms with Gasteiger partial charge in [0.25, 0.3) is 0 Å². The molecule has 2 aromatic heterocycles. The van der Waals surface area contributed by atoms with Gasteiger partial charge in [-0.1, -0.05) is 0 Å². The quantitative estimate of drug-likeness (QED) is 0.899. The van der Waals surface area contributed by atoms with Gasteiger partial charge in [-0.05, 0) is 38.0 Å². The van der Waals surface area contributed by atoms with Crippen LogP contribution in [0.1, 0.15) is 36.3 Å². The van der Waals surface area contributed by atoms with Gasteiger partial charge in [0.2, 0.25) is 0 Å². The molecule has 0 aromatic carbocycles. The highest BCUT2D eigenvalue weighted by atomic mass is 16.4. The first-order chi connectivity index (χ1) is 8.70. The molecule has 0 atom stereocenters. The first kappa shape index (κ1) is 11.1. The Balaban J connectivity index is 2.08. The first-order valence-corrected chi connectivity index (χ1v) is 6.19. The lowest BCUT2D eigenvalue weighted by atomic mass is 10.3. The van der Waals surface area contributed by atoms with E-state index in [1.165, 1.54) is 0 Å². The molecule has 5 nitrogen and oxygen atoms in total. The van der Waals surface area contributed by atoms with Crippen molar-refractivity contribution in [2.75, 3.05) is 0 Å². The smallest absolute Gasteiger partial charge is 0.352 e. The van der Waals surface area contributed by atoms with Crippen molar-refractivity contribution in [3.05, 3.63) is 30.1 Å². The Morgan fingerprint density at radius 3 is 2.78 bits per heavy atom. The number of aromatic nitrogens is 3. The normalized spacial score (nSPS) is 14.9. The third kappa shape index (κ3) is 1.72. The van der Waals surface area contributed by atoms with Crippen LogP contribution in [0.4, 0.5) is 0 Å². The summed E-state index contributed by atoms with van der Waals surface area (Å²) in [7, 11) is 0. The molecule has 1 N–H and O–H groups in total. The molecule has 0 aliphatic heterocycles. The number of aromatic carboxylic acids is 1. The summed E-state index contributed by atoms with van der Waals surface area (Å²) < 4.78 is 3.75. The fraction of sp³-hybridized carbons (Fsp3) is 0.385. The van der Waals surface area contributed by atoms with Crippen LogP contribution in [0, 0.1) is 0 Å². The van der Waals surface area contributed by atoms with Crippen molar-refractivity contribution >= 4 is 5.97 Å². The van der Waals surface area contributed by atoms with Crippen LogP contribution in [0.15, 0.2) is 24.4 Å². The van der Waals surface area contributed by atoms with E-state index in [1.807, 2.05) is 34.5 Å². The standard InChI is InChI=1S/C13H15N3O2/c1-2-15-8-7-10(14-15)11-5-6-12(13(17)18)16(11)9-3-4-9/h5-9H,2-4H2,1H3,(H,17,18). The molecule has 94 valence electrons. The molecule has 1 saturated carbocycles. The number of rotatable bonds is 4. The molecule has 0 spiro atoms. The van der Waals surface area contributed by atoms with Gasteiger partial charge in [-0.2, -0.15) is 5.10 Å². The maximum absolute atomic E-state index is 11.2. The Hall–Kier alpha value is -2.04. The highest BCUT2D eigenvalue weighted by Gasteiger charge is 2.30. The molecule has 2 heterocycles. The second-order valence-corrected chi connectivity index (χ2v) is 4.57. The van der Waals surface area contributed by atoms with Crippen LogP contribution in [-0.4, -0.2) is 25.4 Å². The van der Waals surface area contributed by atoms with Crippen molar-refractivity contribution < 1.29 is 9.90 Å². The van der Waals surface area contributed by atoms with Crippen LogP contribution in [0.25, 0.3) is 11.4 Å². The third-order valence-electron chi connectivity index (χ3n) is 3.28. The molecule has 0 saturated heterocycles. The SMILES string of the molecule is CCn1ccc(-c2ccc(C(=O)O)n2C2CC2)n1. The van der Waals surface area contributed by atoms with Gasteiger partial charge in [0.05, 0.1) is 5.69 Å². The molecule has 1 aliphatic carbocycles. The zero-order chi connectivity index (χ0) is 12.7. The number of carboxylic acids is 1. The van der Waals surface area contributed by atoms with E-state index in [1.54, 1.807) is 6.07 Å². The molecule has 3 rings (SSSR count). The minimum atomic E-state index is -0.872. The summed E-state index contributed by atoms with van der Waals surface area (Å²) in [5.41, 5.74) is 2.11. The number of nitrogens with zero attached hydrogens (tertiary/aromatic N) is 3. The number of aryl methyl sites for hydroxylation is 1. The maximum atomic E-state index is 11.2. The lowest BCUT2D eigenvalue weighted by Gasteiger charge is -2.08. The molecule has 0 amide bonds. The van der Waals surface area contributed by atoms with E-state index < -0.39 is 5.97 Å². The monoisotopic (exact) mass is 245 g/mol. The van der Waals surface area contributed by atoms with Crippen molar-refractivity contribution in [1.29, 1.82) is 0 Å². The Labute approximate surface area is 105 Å². The van der Waals surface area contributed by atoms with Crippen molar-refractivity contribution in [3.8, 4) is 11.4 Å². The summed E-state index contributed by atoms with van der Waals surface area (Å²) in [4.78, 5) is 11.2. The average molecular weight is 245 g/mol. The molecule has 0 bridgehead atoms. The Morgan fingerprint density at radius 1 is 1.44 bits per heavy atom. The summed E-state index contributed by atoms with van der Waals surface area (Å²) in [6.45, 7) is 2.84. The van der Waals surface area contributed by atoms with Gasteiger partial charge >= 0.3 is 5.97 Å². The molecule has 0 radical (unpaired) electrons. The number of hydrogen-bond acceptors (Lipinski definition) is 2. The molecule has 1 aliphatic rings. The van der Waals surface area contributed by atoms with E-state index in [4.69, 9.17) is 0 Å². The highest BCUT2D eigenvalue weighted by Crippen LogP contribution is 2.40. The minimum absolute atomic E-state index is 0.327. The fourth-order valence-electron chi connectivity index (χ4n) is 2.23. The Kier molecular flexibility index (Phi) is 2.47. The van der Waals surface area contributed by atoms with Crippen molar-refractivity contribution in [1.82, 2.24) is 14.3 Å². The third-order valence-corrected chi connectivity index (χ3v) is 3.28. The van der Waals surface area contributed by atoms with E-state index in [-0.39, 0.29) is 0 Å². The van der Waals surface area contributed by atoms with Gasteiger partial charge in [0.1, 0.15) is 11.4 Å². The number of carbonyl (C=O) groups is 1.